The Morgan fingerprint density at radius 1 is 1.03 bits per heavy atom. The van der Waals surface area contributed by atoms with E-state index >= 15 is 0 Å². The molecule has 178 valence electrons. The van der Waals surface area contributed by atoms with Crippen LogP contribution in [0.3, 0.4) is 0 Å². The van der Waals surface area contributed by atoms with Crippen LogP contribution in [0.2, 0.25) is 0 Å². The molecule has 0 bridgehead atoms. The molecule has 0 radical (unpaired) electrons. The molecule has 0 spiro atoms. The summed E-state index contributed by atoms with van der Waals surface area (Å²) in [6, 6.07) is 15.9. The molecule has 0 atom stereocenters. The van der Waals surface area contributed by atoms with Gasteiger partial charge in [-0.1, -0.05) is 47.6 Å². The van der Waals surface area contributed by atoms with E-state index in [-0.39, 0.29) is 17.4 Å². The van der Waals surface area contributed by atoms with Gasteiger partial charge in [0.2, 0.25) is 11.8 Å². The van der Waals surface area contributed by atoms with Crippen LogP contribution in [-0.2, 0) is 24.3 Å². The van der Waals surface area contributed by atoms with E-state index in [4.69, 9.17) is 4.52 Å². The third-order valence-electron chi connectivity index (χ3n) is 5.88. The van der Waals surface area contributed by atoms with Crippen molar-refractivity contribution in [2.24, 2.45) is 0 Å². The first-order valence-electron chi connectivity index (χ1n) is 11.3. The van der Waals surface area contributed by atoms with E-state index in [1.807, 2.05) is 30.3 Å². The molecule has 0 unspecified atom stereocenters. The normalized spacial score (nSPS) is 14.2. The number of carbonyl (C=O) groups excluding carboxylic acids is 2. The highest BCUT2D eigenvalue weighted by molar-refractivity contribution is 5.94. The number of hydrogen-bond donors (Lipinski definition) is 0. The Morgan fingerprint density at radius 2 is 1.74 bits per heavy atom. The number of aromatic nitrogens is 2. The first-order chi connectivity index (χ1) is 16.5. The highest BCUT2D eigenvalue weighted by atomic mass is 19.1. The van der Waals surface area contributed by atoms with Crippen LogP contribution in [0.4, 0.5) is 4.39 Å². The lowest BCUT2D eigenvalue weighted by molar-refractivity contribution is -0.130. The molecular formula is C25H28FN5O3. The molecule has 2 amide bonds. The number of rotatable bonds is 8. The van der Waals surface area contributed by atoms with Gasteiger partial charge in [0.1, 0.15) is 5.82 Å². The maximum atomic E-state index is 13.9. The van der Waals surface area contributed by atoms with Crippen molar-refractivity contribution in [2.75, 3.05) is 33.2 Å². The van der Waals surface area contributed by atoms with Crippen LogP contribution >= 0.6 is 0 Å². The predicted octanol–water partition coefficient (Wildman–Crippen LogP) is 2.76. The lowest BCUT2D eigenvalue weighted by Crippen LogP contribution is -2.48. The number of benzene rings is 2. The van der Waals surface area contributed by atoms with Crippen molar-refractivity contribution in [2.45, 2.75) is 25.9 Å². The number of halogens is 1. The highest BCUT2D eigenvalue weighted by Crippen LogP contribution is 2.14. The fourth-order valence-corrected chi connectivity index (χ4v) is 3.92. The Hall–Kier alpha value is -3.59. The van der Waals surface area contributed by atoms with Crippen LogP contribution in [-0.4, -0.2) is 69.9 Å². The lowest BCUT2D eigenvalue weighted by Gasteiger charge is -2.34. The first kappa shape index (κ1) is 23.6. The molecule has 1 aliphatic rings. The van der Waals surface area contributed by atoms with Crippen molar-refractivity contribution in [1.82, 2.24) is 24.8 Å². The second-order valence-electron chi connectivity index (χ2n) is 8.39. The van der Waals surface area contributed by atoms with Gasteiger partial charge in [0, 0.05) is 52.6 Å². The van der Waals surface area contributed by atoms with Gasteiger partial charge >= 0.3 is 0 Å². The minimum atomic E-state index is -0.501. The van der Waals surface area contributed by atoms with E-state index in [0.717, 1.165) is 5.56 Å². The molecule has 2 heterocycles. The van der Waals surface area contributed by atoms with Crippen molar-refractivity contribution < 1.29 is 18.5 Å². The average molecular weight is 466 g/mol. The third-order valence-corrected chi connectivity index (χ3v) is 5.88. The molecular weight excluding hydrogens is 437 g/mol. The minimum Gasteiger partial charge on any atom is -0.341 e. The zero-order chi connectivity index (χ0) is 23.9. The largest absolute Gasteiger partial charge is 0.341 e. The summed E-state index contributed by atoms with van der Waals surface area (Å²) in [7, 11) is 1.78. The lowest BCUT2D eigenvalue weighted by atomic mass is 10.1. The number of carbonyl (C=O) groups is 2. The average Bonchev–Trinajstić information content (AvgIpc) is 3.30. The smallest absolute Gasteiger partial charge is 0.256 e. The molecule has 8 nitrogen and oxygen atoms in total. The van der Waals surface area contributed by atoms with Crippen LogP contribution in [0.15, 0.2) is 59.1 Å². The molecule has 2 aromatic carbocycles. The Bertz CT molecular complexity index is 1110. The van der Waals surface area contributed by atoms with Crippen LogP contribution in [0, 0.1) is 5.82 Å². The minimum absolute atomic E-state index is 0.0132. The summed E-state index contributed by atoms with van der Waals surface area (Å²) >= 11 is 0. The van der Waals surface area contributed by atoms with Crippen LogP contribution in [0.1, 0.15) is 34.1 Å². The van der Waals surface area contributed by atoms with Gasteiger partial charge in [0.05, 0.1) is 12.1 Å². The van der Waals surface area contributed by atoms with E-state index in [0.29, 0.717) is 63.8 Å². The molecule has 1 saturated heterocycles. The van der Waals surface area contributed by atoms with E-state index in [2.05, 4.69) is 15.0 Å². The summed E-state index contributed by atoms with van der Waals surface area (Å²) < 4.78 is 19.2. The summed E-state index contributed by atoms with van der Waals surface area (Å²) in [4.78, 5) is 34.9. The predicted molar refractivity (Wildman–Crippen MR) is 123 cm³/mol. The number of amides is 2. The molecule has 4 rings (SSSR count). The number of hydrogen-bond acceptors (Lipinski definition) is 6. The van der Waals surface area contributed by atoms with E-state index in [1.54, 1.807) is 29.0 Å². The van der Waals surface area contributed by atoms with Crippen molar-refractivity contribution >= 4 is 11.8 Å². The molecule has 0 saturated carbocycles. The fraction of sp³-hybridized carbons (Fsp3) is 0.360. The van der Waals surface area contributed by atoms with Gasteiger partial charge in [-0.05, 0) is 17.7 Å². The molecule has 34 heavy (non-hydrogen) atoms. The van der Waals surface area contributed by atoms with E-state index in [1.165, 1.54) is 12.1 Å². The maximum Gasteiger partial charge on any atom is 0.256 e. The summed E-state index contributed by atoms with van der Waals surface area (Å²) in [5, 5.41) is 4.03. The first-order valence-corrected chi connectivity index (χ1v) is 11.3. The van der Waals surface area contributed by atoms with Gasteiger partial charge in [0.25, 0.3) is 5.91 Å². The molecule has 3 aromatic rings. The second-order valence-corrected chi connectivity index (χ2v) is 8.39. The summed E-state index contributed by atoms with van der Waals surface area (Å²) in [5.74, 6) is 0.207. The zero-order valence-electron chi connectivity index (χ0n) is 19.2. The van der Waals surface area contributed by atoms with Crippen molar-refractivity contribution in [3.8, 4) is 0 Å². The van der Waals surface area contributed by atoms with Crippen molar-refractivity contribution in [3.63, 3.8) is 0 Å². The molecule has 1 aromatic heterocycles. The third kappa shape index (κ3) is 6.05. The molecule has 1 fully saturated rings. The second kappa shape index (κ2) is 11.0. The van der Waals surface area contributed by atoms with Crippen LogP contribution in [0.25, 0.3) is 0 Å². The van der Waals surface area contributed by atoms with Gasteiger partial charge in [-0.15, -0.1) is 0 Å². The molecule has 9 heteroatoms. The van der Waals surface area contributed by atoms with Crippen molar-refractivity contribution in [1.29, 1.82) is 0 Å². The van der Waals surface area contributed by atoms with E-state index in [9.17, 15) is 14.0 Å². The number of aryl methyl sites for hydroxylation is 1. The Morgan fingerprint density at radius 3 is 2.47 bits per heavy atom. The van der Waals surface area contributed by atoms with Gasteiger partial charge < -0.3 is 14.3 Å². The van der Waals surface area contributed by atoms with Crippen LogP contribution in [0.5, 0.6) is 0 Å². The van der Waals surface area contributed by atoms with Gasteiger partial charge in [-0.2, -0.15) is 4.98 Å². The van der Waals surface area contributed by atoms with E-state index < -0.39 is 5.82 Å². The van der Waals surface area contributed by atoms with Crippen LogP contribution < -0.4 is 0 Å². The number of nitrogens with zero attached hydrogens (tertiary/aromatic N) is 5. The Kier molecular flexibility index (Phi) is 7.64. The van der Waals surface area contributed by atoms with Gasteiger partial charge in [0.15, 0.2) is 5.82 Å². The Labute approximate surface area is 198 Å². The quantitative estimate of drug-likeness (QED) is 0.509. The van der Waals surface area contributed by atoms with Gasteiger partial charge in [-0.3, -0.25) is 14.5 Å². The zero-order valence-corrected chi connectivity index (χ0v) is 19.2. The topological polar surface area (TPSA) is 82.8 Å². The van der Waals surface area contributed by atoms with Gasteiger partial charge in [-0.25, -0.2) is 4.39 Å². The molecule has 0 aliphatic carbocycles. The molecule has 0 N–H and O–H groups in total. The summed E-state index contributed by atoms with van der Waals surface area (Å²) in [5.41, 5.74) is 1.18. The standard InChI is InChI=1S/C25H28FN5O3/c1-29(17-19-7-3-2-4-8-19)24(32)12-11-23-27-22(28-34-23)18-30-13-15-31(16-14-30)25(33)20-9-5-6-10-21(20)26/h2-10H,11-18H2,1H3. The summed E-state index contributed by atoms with van der Waals surface area (Å²) in [6.45, 7) is 3.31. The highest BCUT2D eigenvalue weighted by Gasteiger charge is 2.25. The Balaban J connectivity index is 1.21. The van der Waals surface area contributed by atoms with Crippen molar-refractivity contribution in [3.05, 3.63) is 83.3 Å². The maximum absolute atomic E-state index is 13.9. The monoisotopic (exact) mass is 465 g/mol. The summed E-state index contributed by atoms with van der Waals surface area (Å²) in [6.07, 6.45) is 0.678. The SMILES string of the molecule is CN(Cc1ccccc1)C(=O)CCc1nc(CN2CCN(C(=O)c3ccccc3F)CC2)no1. The fourth-order valence-electron chi connectivity index (χ4n) is 3.92. The molecule has 1 aliphatic heterocycles. The number of piperazine rings is 1.